The summed E-state index contributed by atoms with van der Waals surface area (Å²) < 4.78 is 110. The maximum absolute atomic E-state index is 9.99. The van der Waals surface area contributed by atoms with Gasteiger partial charge in [-0.25, -0.2) is 9.97 Å². The number of para-hydroxylation sites is 2. The van der Waals surface area contributed by atoms with Gasteiger partial charge in [0.15, 0.2) is 11.6 Å². The Hall–Kier alpha value is -6.14. The van der Waals surface area contributed by atoms with Gasteiger partial charge in [0.2, 0.25) is 5.95 Å². The normalized spacial score (nSPS) is 23.7. The molecule has 0 amide bonds. The molecular weight excluding hydrogens is 673 g/mol. The average molecular weight is 727 g/mol. The zero-order valence-electron chi connectivity index (χ0n) is 42.8. The summed E-state index contributed by atoms with van der Waals surface area (Å²) in [5, 5.41) is -0.491. The molecule has 0 saturated heterocycles. The zero-order chi connectivity index (χ0) is 47.5. The molecule has 1 aliphatic heterocycles. The van der Waals surface area contributed by atoms with E-state index in [-0.39, 0.29) is 55.8 Å². The van der Waals surface area contributed by atoms with Crippen LogP contribution in [0, 0.1) is 0 Å². The topological polar surface area (TPSA) is 59.7 Å². The van der Waals surface area contributed by atoms with Crippen molar-refractivity contribution in [1.82, 2.24) is 24.5 Å². The second kappa shape index (κ2) is 11.4. The molecule has 4 heterocycles. The third-order valence-electron chi connectivity index (χ3n) is 12.6. The number of fused-ring (bicyclic) bond motifs is 9. The van der Waals surface area contributed by atoms with E-state index in [0.717, 1.165) is 52.5 Å². The van der Waals surface area contributed by atoms with Gasteiger partial charge in [0.05, 0.1) is 33.0 Å². The average Bonchev–Trinajstić information content (AvgIpc) is 3.86. The van der Waals surface area contributed by atoms with E-state index in [9.17, 15) is 5.48 Å². The first kappa shape index (κ1) is 22.3. The van der Waals surface area contributed by atoms with Crippen molar-refractivity contribution in [3.8, 4) is 39.6 Å². The number of hydrogen-bond donors (Lipinski definition) is 0. The molecule has 2 aliphatic carbocycles. The molecule has 2 atom stereocenters. The quantitative estimate of drug-likeness (QED) is 0.181. The number of pyridine rings is 1. The maximum atomic E-state index is 9.99. The fourth-order valence-electron chi connectivity index (χ4n) is 9.60. The second-order valence-corrected chi connectivity index (χ2v) is 15.7. The van der Waals surface area contributed by atoms with Crippen LogP contribution in [-0.4, -0.2) is 30.0 Å². The van der Waals surface area contributed by atoms with Crippen LogP contribution in [0.1, 0.15) is 86.5 Å². The van der Waals surface area contributed by atoms with E-state index in [1.165, 1.54) is 5.56 Å². The summed E-state index contributed by atoms with van der Waals surface area (Å²) in [6.07, 6.45) is 5.32. The van der Waals surface area contributed by atoms with Gasteiger partial charge in [0.25, 0.3) is 0 Å². The summed E-state index contributed by atoms with van der Waals surface area (Å²) in [5.74, 6) is 0.880. The van der Waals surface area contributed by atoms with Crippen molar-refractivity contribution in [1.29, 1.82) is 0 Å². The molecule has 0 spiro atoms. The molecule has 0 bridgehead atoms. The van der Waals surface area contributed by atoms with Crippen molar-refractivity contribution in [2.45, 2.75) is 69.7 Å². The molecule has 1 fully saturated rings. The van der Waals surface area contributed by atoms with Gasteiger partial charge in [-0.3, -0.25) is 4.90 Å². The lowest BCUT2D eigenvalue weighted by Gasteiger charge is -2.49. The number of benzene rings is 5. The largest absolute Gasteiger partial charge is 0.309 e. The Morgan fingerprint density at radius 2 is 1.33 bits per heavy atom. The fraction of sp³-hybridized carbons (Fsp3) is 0.224. The minimum absolute atomic E-state index is 0.180. The van der Waals surface area contributed by atoms with Crippen LogP contribution >= 0.6 is 0 Å². The molecule has 3 aliphatic rings. The van der Waals surface area contributed by atoms with Crippen LogP contribution in [0.15, 0.2) is 133 Å². The Balaban J connectivity index is 1.24. The van der Waals surface area contributed by atoms with Crippen LogP contribution in [-0.2, 0) is 10.8 Å². The van der Waals surface area contributed by atoms with Gasteiger partial charge < -0.3 is 4.57 Å². The van der Waals surface area contributed by atoms with Crippen LogP contribution in [0.3, 0.4) is 0 Å². The van der Waals surface area contributed by atoms with Crippen LogP contribution in [0.4, 0.5) is 11.8 Å². The van der Waals surface area contributed by atoms with Gasteiger partial charge in [0.1, 0.15) is 5.82 Å². The first-order chi connectivity index (χ1) is 31.8. The predicted octanol–water partition coefficient (Wildman–Crippen LogP) is 11.7. The third-order valence-corrected chi connectivity index (χ3v) is 12.6. The molecule has 0 radical (unpaired) electrons. The summed E-state index contributed by atoms with van der Waals surface area (Å²) >= 11 is 0. The molecule has 2 unspecified atom stereocenters. The number of nitrogens with zero attached hydrogens (tertiary/aromatic N) is 6. The van der Waals surface area contributed by atoms with Crippen molar-refractivity contribution in [3.63, 3.8) is 0 Å². The van der Waals surface area contributed by atoms with Crippen molar-refractivity contribution < 1.29 is 16.4 Å². The molecule has 5 aromatic carbocycles. The van der Waals surface area contributed by atoms with Gasteiger partial charge in [-0.15, -0.1) is 0 Å². The van der Waals surface area contributed by atoms with Gasteiger partial charge in [0, 0.05) is 50.2 Å². The van der Waals surface area contributed by atoms with E-state index in [0.29, 0.717) is 11.4 Å². The molecule has 6 nitrogen and oxygen atoms in total. The van der Waals surface area contributed by atoms with Crippen molar-refractivity contribution >= 4 is 33.6 Å². The summed E-state index contributed by atoms with van der Waals surface area (Å²) in [5.41, 5.74) is 3.39. The Morgan fingerprint density at radius 3 is 2.13 bits per heavy atom. The SMILES string of the molecule is [2H]c1c([2H])c(-c2nc(-c3ccc4c(c3)-c3ccccc3C4(C)C)nc(N3c4ncccc4C4(C)CCCCC34C)n2)c([2H])c(-n2c3c([2H])c([2H])c([2H])c([2H])c3c3c([2H])c([2H])c([2H])c([2H])c32)c1[2H]. The number of aromatic nitrogens is 5. The summed E-state index contributed by atoms with van der Waals surface area (Å²) in [7, 11) is 0. The Morgan fingerprint density at radius 1 is 0.636 bits per heavy atom. The standard InChI is InChI=1S/C49H42N6/c1-47(2)38-20-8-5-17-34(38)37-30-32(24-25-39(37)47)44-51-43(52-46(53-44)55-45-40(21-14-28-50-45)48(3)26-11-12-27-49(48,55)4)31-15-13-16-33(29-31)54-41-22-9-6-18-35(41)36-19-7-10-23-42(36)54/h5-10,13-25,28-30H,11-12,26-27H2,1-4H3/i6D,7D,9D,10D,13D,15D,16D,18D,19D,22D,23D,29D. The van der Waals surface area contributed by atoms with Crippen LogP contribution < -0.4 is 4.90 Å². The molecule has 3 aromatic heterocycles. The molecule has 8 aromatic rings. The van der Waals surface area contributed by atoms with E-state index in [1.54, 1.807) is 6.20 Å². The zero-order valence-corrected chi connectivity index (χ0v) is 30.8. The lowest BCUT2D eigenvalue weighted by molar-refractivity contribution is 0.193. The van der Waals surface area contributed by atoms with Crippen molar-refractivity contribution in [2.75, 3.05) is 4.90 Å². The Bertz CT molecular complexity index is 3480. The third kappa shape index (κ3) is 4.42. The molecule has 55 heavy (non-hydrogen) atoms. The highest BCUT2D eigenvalue weighted by atomic mass is 15.4. The summed E-state index contributed by atoms with van der Waals surface area (Å²) in [6, 6.07) is 10.7. The van der Waals surface area contributed by atoms with Gasteiger partial charge in [-0.05, 0) is 78.3 Å². The highest BCUT2D eigenvalue weighted by molar-refractivity contribution is 6.09. The van der Waals surface area contributed by atoms with E-state index < -0.39 is 83.7 Å². The maximum Gasteiger partial charge on any atom is 0.235 e. The van der Waals surface area contributed by atoms with Crippen LogP contribution in [0.25, 0.3) is 61.4 Å². The van der Waals surface area contributed by atoms with Crippen molar-refractivity contribution in [2.24, 2.45) is 0 Å². The van der Waals surface area contributed by atoms with Crippen molar-refractivity contribution in [3.05, 3.63) is 150 Å². The monoisotopic (exact) mass is 726 g/mol. The molecule has 0 N–H and O–H groups in total. The van der Waals surface area contributed by atoms with E-state index in [2.05, 4.69) is 52.0 Å². The Labute approximate surface area is 338 Å². The Kier molecular flexibility index (Phi) is 4.63. The summed E-state index contributed by atoms with van der Waals surface area (Å²) in [4.78, 5) is 22.3. The number of anilines is 2. The fourth-order valence-corrected chi connectivity index (χ4v) is 9.60. The van der Waals surface area contributed by atoms with E-state index in [4.69, 9.17) is 30.9 Å². The lowest BCUT2D eigenvalue weighted by atomic mass is 9.62. The highest BCUT2D eigenvalue weighted by Gasteiger charge is 2.59. The lowest BCUT2D eigenvalue weighted by Crippen LogP contribution is -2.55. The van der Waals surface area contributed by atoms with Gasteiger partial charge in [-0.1, -0.05) is 124 Å². The molecule has 1 saturated carbocycles. The minimum Gasteiger partial charge on any atom is -0.309 e. The molecule has 11 rings (SSSR count). The molecule has 6 heteroatoms. The van der Waals surface area contributed by atoms with Crippen LogP contribution in [0.2, 0.25) is 0 Å². The molecule has 268 valence electrons. The van der Waals surface area contributed by atoms with E-state index >= 15 is 0 Å². The smallest absolute Gasteiger partial charge is 0.235 e. The minimum atomic E-state index is -0.685. The van der Waals surface area contributed by atoms with Gasteiger partial charge in [-0.2, -0.15) is 9.97 Å². The summed E-state index contributed by atoms with van der Waals surface area (Å²) in [6.45, 7) is 8.78. The van der Waals surface area contributed by atoms with E-state index in [1.807, 2.05) is 35.2 Å². The first-order valence-corrected chi connectivity index (χ1v) is 18.6. The number of rotatable bonds is 4. The molecular formula is C49H42N6. The second-order valence-electron chi connectivity index (χ2n) is 15.7. The number of hydrogen-bond acceptors (Lipinski definition) is 5. The first-order valence-electron chi connectivity index (χ1n) is 24.6. The predicted molar refractivity (Wildman–Crippen MR) is 223 cm³/mol. The van der Waals surface area contributed by atoms with Crippen LogP contribution in [0.5, 0.6) is 0 Å². The van der Waals surface area contributed by atoms with Gasteiger partial charge >= 0.3 is 0 Å². The highest BCUT2D eigenvalue weighted by Crippen LogP contribution is 2.59.